The molecule has 1 aliphatic heterocycles. The van der Waals surface area contributed by atoms with Gasteiger partial charge in [0.05, 0.1) is 0 Å². The third-order valence-corrected chi connectivity index (χ3v) is 2.83. The van der Waals surface area contributed by atoms with Crippen LogP contribution in [0, 0.1) is 0 Å². The number of aryl methyl sites for hydroxylation is 1. The zero-order valence-corrected chi connectivity index (χ0v) is 8.49. The molecular weight excluding hydrogens is 174 g/mol. The lowest BCUT2D eigenvalue weighted by molar-refractivity contribution is -0.107. The van der Waals surface area contributed by atoms with Crippen LogP contribution in [0.3, 0.4) is 0 Å². The van der Waals surface area contributed by atoms with E-state index in [0.717, 1.165) is 19.3 Å². The SMILES string of the molecule is CN1CCCc2cccc(CC=O)c21. The average Bonchev–Trinajstić information content (AvgIpc) is 2.19. The zero-order chi connectivity index (χ0) is 9.97. The Kier molecular flexibility index (Phi) is 2.53. The number of fused-ring (bicyclic) bond motifs is 1. The Morgan fingerprint density at radius 2 is 2.36 bits per heavy atom. The van der Waals surface area contributed by atoms with Gasteiger partial charge in [0.15, 0.2) is 0 Å². The van der Waals surface area contributed by atoms with E-state index in [1.165, 1.54) is 23.2 Å². The van der Waals surface area contributed by atoms with Crippen molar-refractivity contribution in [3.8, 4) is 0 Å². The maximum absolute atomic E-state index is 10.5. The molecule has 1 aliphatic rings. The fourth-order valence-corrected chi connectivity index (χ4v) is 2.21. The number of benzene rings is 1. The molecule has 74 valence electrons. The second-order valence-corrected chi connectivity index (χ2v) is 3.82. The van der Waals surface area contributed by atoms with Crippen LogP contribution in [0.5, 0.6) is 0 Å². The topological polar surface area (TPSA) is 20.3 Å². The van der Waals surface area contributed by atoms with E-state index < -0.39 is 0 Å². The van der Waals surface area contributed by atoms with Crippen LogP contribution in [-0.4, -0.2) is 19.9 Å². The first-order valence-electron chi connectivity index (χ1n) is 5.08. The van der Waals surface area contributed by atoms with Crippen molar-refractivity contribution in [1.82, 2.24) is 0 Å². The maximum atomic E-state index is 10.5. The molecule has 0 N–H and O–H groups in total. The van der Waals surface area contributed by atoms with Crippen molar-refractivity contribution in [2.24, 2.45) is 0 Å². The van der Waals surface area contributed by atoms with Crippen LogP contribution < -0.4 is 4.90 Å². The van der Waals surface area contributed by atoms with Gasteiger partial charge in [-0.1, -0.05) is 18.2 Å². The first kappa shape index (κ1) is 9.25. The van der Waals surface area contributed by atoms with Gasteiger partial charge in [-0.05, 0) is 24.0 Å². The molecule has 0 spiro atoms. The molecule has 1 heterocycles. The first-order valence-corrected chi connectivity index (χ1v) is 5.08. The first-order chi connectivity index (χ1) is 6.83. The van der Waals surface area contributed by atoms with Crippen molar-refractivity contribution >= 4 is 12.0 Å². The van der Waals surface area contributed by atoms with E-state index in [1.807, 2.05) is 0 Å². The summed E-state index contributed by atoms with van der Waals surface area (Å²) in [6.45, 7) is 1.10. The lowest BCUT2D eigenvalue weighted by Crippen LogP contribution is -2.26. The Morgan fingerprint density at radius 1 is 1.50 bits per heavy atom. The molecule has 0 aliphatic carbocycles. The second-order valence-electron chi connectivity index (χ2n) is 3.82. The molecule has 2 heteroatoms. The van der Waals surface area contributed by atoms with Crippen molar-refractivity contribution in [2.45, 2.75) is 19.3 Å². The van der Waals surface area contributed by atoms with Crippen LogP contribution in [-0.2, 0) is 17.6 Å². The summed E-state index contributed by atoms with van der Waals surface area (Å²) < 4.78 is 0. The van der Waals surface area contributed by atoms with Crippen LogP contribution in [0.4, 0.5) is 5.69 Å². The average molecular weight is 189 g/mol. The van der Waals surface area contributed by atoms with Gasteiger partial charge in [-0.15, -0.1) is 0 Å². The number of aldehydes is 1. The number of hydrogen-bond donors (Lipinski definition) is 0. The predicted octanol–water partition coefficient (Wildman–Crippen LogP) is 1.81. The lowest BCUT2D eigenvalue weighted by Gasteiger charge is -2.29. The molecule has 0 bridgehead atoms. The van der Waals surface area contributed by atoms with Gasteiger partial charge in [0.2, 0.25) is 0 Å². The molecule has 1 aromatic carbocycles. The molecular formula is C12H15NO. The Bertz CT molecular complexity index is 346. The van der Waals surface area contributed by atoms with E-state index in [4.69, 9.17) is 0 Å². The Labute approximate surface area is 84.5 Å². The molecule has 2 nitrogen and oxygen atoms in total. The highest BCUT2D eigenvalue weighted by molar-refractivity contribution is 5.67. The van der Waals surface area contributed by atoms with Gasteiger partial charge in [-0.3, -0.25) is 0 Å². The van der Waals surface area contributed by atoms with E-state index in [2.05, 4.69) is 30.1 Å². The summed E-state index contributed by atoms with van der Waals surface area (Å²) in [6.07, 6.45) is 3.88. The van der Waals surface area contributed by atoms with Gasteiger partial charge < -0.3 is 9.69 Å². The summed E-state index contributed by atoms with van der Waals surface area (Å²) in [4.78, 5) is 12.8. The summed E-state index contributed by atoms with van der Waals surface area (Å²) in [5, 5.41) is 0. The number of carbonyl (C=O) groups is 1. The van der Waals surface area contributed by atoms with Gasteiger partial charge in [-0.25, -0.2) is 0 Å². The number of nitrogens with zero attached hydrogens (tertiary/aromatic N) is 1. The number of carbonyl (C=O) groups excluding carboxylic acids is 1. The van der Waals surface area contributed by atoms with E-state index in [-0.39, 0.29) is 0 Å². The van der Waals surface area contributed by atoms with Crippen molar-refractivity contribution < 1.29 is 4.79 Å². The minimum atomic E-state index is 0.535. The molecule has 0 saturated carbocycles. The molecule has 0 radical (unpaired) electrons. The largest absolute Gasteiger partial charge is 0.374 e. The molecule has 0 amide bonds. The van der Waals surface area contributed by atoms with Crippen molar-refractivity contribution in [2.75, 3.05) is 18.5 Å². The van der Waals surface area contributed by atoms with E-state index in [1.54, 1.807) is 0 Å². The van der Waals surface area contributed by atoms with Crippen LogP contribution in [0.25, 0.3) is 0 Å². The third-order valence-electron chi connectivity index (χ3n) is 2.83. The third kappa shape index (κ3) is 1.52. The van der Waals surface area contributed by atoms with Crippen LogP contribution >= 0.6 is 0 Å². The van der Waals surface area contributed by atoms with Gasteiger partial charge in [-0.2, -0.15) is 0 Å². The maximum Gasteiger partial charge on any atom is 0.124 e. The molecule has 0 unspecified atom stereocenters. The summed E-state index contributed by atoms with van der Waals surface area (Å²) in [5.74, 6) is 0. The number of anilines is 1. The Balaban J connectivity index is 2.46. The Morgan fingerprint density at radius 3 is 3.14 bits per heavy atom. The monoisotopic (exact) mass is 189 g/mol. The van der Waals surface area contributed by atoms with Gasteiger partial charge in [0.1, 0.15) is 6.29 Å². The van der Waals surface area contributed by atoms with Crippen molar-refractivity contribution in [3.63, 3.8) is 0 Å². The smallest absolute Gasteiger partial charge is 0.124 e. The summed E-state index contributed by atoms with van der Waals surface area (Å²) in [5.41, 5.74) is 3.84. The molecule has 0 saturated heterocycles. The molecule has 0 fully saturated rings. The quantitative estimate of drug-likeness (QED) is 0.661. The van der Waals surface area contributed by atoms with Crippen LogP contribution in [0.2, 0.25) is 0 Å². The summed E-state index contributed by atoms with van der Waals surface area (Å²) >= 11 is 0. The number of para-hydroxylation sites is 1. The fraction of sp³-hybridized carbons (Fsp3) is 0.417. The van der Waals surface area contributed by atoms with E-state index in [0.29, 0.717) is 6.42 Å². The molecule has 0 atom stereocenters. The normalized spacial score (nSPS) is 15.1. The minimum Gasteiger partial charge on any atom is -0.374 e. The predicted molar refractivity (Wildman–Crippen MR) is 57.8 cm³/mol. The lowest BCUT2D eigenvalue weighted by atomic mass is 9.97. The van der Waals surface area contributed by atoms with Gasteiger partial charge in [0, 0.05) is 25.7 Å². The summed E-state index contributed by atoms with van der Waals surface area (Å²) in [6, 6.07) is 6.27. The zero-order valence-electron chi connectivity index (χ0n) is 8.49. The fourth-order valence-electron chi connectivity index (χ4n) is 2.21. The minimum absolute atomic E-state index is 0.535. The standard InChI is InChI=1S/C12H15NO/c1-13-8-3-6-10-4-2-5-11(7-9-14)12(10)13/h2,4-5,9H,3,6-8H2,1H3. The van der Waals surface area contributed by atoms with Gasteiger partial charge in [0.25, 0.3) is 0 Å². The van der Waals surface area contributed by atoms with Gasteiger partial charge >= 0.3 is 0 Å². The van der Waals surface area contributed by atoms with E-state index >= 15 is 0 Å². The highest BCUT2D eigenvalue weighted by Crippen LogP contribution is 2.29. The molecule has 2 rings (SSSR count). The second kappa shape index (κ2) is 3.82. The van der Waals surface area contributed by atoms with E-state index in [9.17, 15) is 4.79 Å². The molecule has 1 aromatic rings. The highest BCUT2D eigenvalue weighted by Gasteiger charge is 2.16. The van der Waals surface area contributed by atoms with Crippen molar-refractivity contribution in [3.05, 3.63) is 29.3 Å². The number of hydrogen-bond acceptors (Lipinski definition) is 2. The highest BCUT2D eigenvalue weighted by atomic mass is 16.1. The Hall–Kier alpha value is -1.31. The number of rotatable bonds is 2. The van der Waals surface area contributed by atoms with Crippen LogP contribution in [0.15, 0.2) is 18.2 Å². The molecule has 14 heavy (non-hydrogen) atoms. The molecule has 0 aromatic heterocycles. The van der Waals surface area contributed by atoms with Crippen molar-refractivity contribution in [1.29, 1.82) is 0 Å². The summed E-state index contributed by atoms with van der Waals surface area (Å²) in [7, 11) is 2.10. The van der Waals surface area contributed by atoms with Crippen LogP contribution in [0.1, 0.15) is 17.5 Å².